The van der Waals surface area contributed by atoms with E-state index in [1.165, 1.54) is 0 Å². The van der Waals surface area contributed by atoms with Crippen LogP contribution >= 0.6 is 23.2 Å². The Morgan fingerprint density at radius 1 is 1.21 bits per heavy atom. The number of aryl methyl sites for hydroxylation is 1. The quantitative estimate of drug-likeness (QED) is 0.884. The first-order valence-electron chi connectivity index (χ1n) is 7.57. The summed E-state index contributed by atoms with van der Waals surface area (Å²) in [5, 5.41) is 3.66. The summed E-state index contributed by atoms with van der Waals surface area (Å²) in [7, 11) is 0. The van der Waals surface area contributed by atoms with Crippen molar-refractivity contribution in [3.05, 3.63) is 58.1 Å². The van der Waals surface area contributed by atoms with Crippen LogP contribution in [0.15, 0.2) is 42.5 Å². The van der Waals surface area contributed by atoms with Crippen molar-refractivity contribution in [1.82, 2.24) is 0 Å². The van der Waals surface area contributed by atoms with Crippen molar-refractivity contribution >= 4 is 46.4 Å². The van der Waals surface area contributed by atoms with E-state index in [0.29, 0.717) is 22.3 Å². The maximum Gasteiger partial charge on any atom is 0.229 e. The van der Waals surface area contributed by atoms with Crippen LogP contribution in [0.2, 0.25) is 10.0 Å². The van der Waals surface area contributed by atoms with Crippen LogP contribution in [-0.2, 0) is 9.59 Å². The number of hydrogen-bond acceptors (Lipinski definition) is 2. The van der Waals surface area contributed by atoms with Crippen LogP contribution in [0.3, 0.4) is 0 Å². The van der Waals surface area contributed by atoms with Crippen LogP contribution in [0, 0.1) is 12.8 Å². The Kier molecular flexibility index (Phi) is 4.78. The zero-order chi connectivity index (χ0) is 17.3. The molecule has 4 nitrogen and oxygen atoms in total. The van der Waals surface area contributed by atoms with Crippen molar-refractivity contribution in [3.8, 4) is 0 Å². The number of nitrogens with zero attached hydrogens (tertiary/aromatic N) is 1. The molecule has 2 aromatic carbocycles. The summed E-state index contributed by atoms with van der Waals surface area (Å²) in [6.07, 6.45) is 0.179. The topological polar surface area (TPSA) is 49.4 Å². The van der Waals surface area contributed by atoms with E-state index in [2.05, 4.69) is 5.32 Å². The van der Waals surface area contributed by atoms with Gasteiger partial charge in [0.25, 0.3) is 0 Å². The molecule has 2 aromatic rings. The number of amides is 2. The van der Waals surface area contributed by atoms with Crippen LogP contribution < -0.4 is 10.2 Å². The zero-order valence-electron chi connectivity index (χ0n) is 13.1. The van der Waals surface area contributed by atoms with E-state index in [1.54, 1.807) is 23.1 Å². The molecule has 6 heteroatoms. The summed E-state index contributed by atoms with van der Waals surface area (Å²) in [5.74, 6) is -0.714. The Morgan fingerprint density at radius 3 is 2.75 bits per heavy atom. The number of nitrogens with one attached hydrogen (secondary N) is 1. The van der Waals surface area contributed by atoms with E-state index in [1.807, 2.05) is 31.2 Å². The fourth-order valence-electron chi connectivity index (χ4n) is 2.76. The summed E-state index contributed by atoms with van der Waals surface area (Å²) < 4.78 is 0. The number of benzene rings is 2. The Labute approximate surface area is 150 Å². The predicted octanol–water partition coefficient (Wildman–Crippen LogP) is 4.29. The summed E-state index contributed by atoms with van der Waals surface area (Å²) in [6, 6.07) is 12.5. The second-order valence-electron chi connectivity index (χ2n) is 5.86. The van der Waals surface area contributed by atoms with Crippen LogP contribution in [0.25, 0.3) is 0 Å². The minimum absolute atomic E-state index is 0.0575. The lowest BCUT2D eigenvalue weighted by molar-refractivity contribution is -0.122. The van der Waals surface area contributed by atoms with Gasteiger partial charge in [-0.05, 0) is 42.8 Å². The molecule has 24 heavy (non-hydrogen) atoms. The highest BCUT2D eigenvalue weighted by atomic mass is 35.5. The number of halogens is 2. The molecule has 1 aliphatic heterocycles. The molecule has 1 aliphatic rings. The highest BCUT2D eigenvalue weighted by molar-refractivity contribution is 6.35. The number of hydrogen-bond donors (Lipinski definition) is 1. The first kappa shape index (κ1) is 16.8. The summed E-state index contributed by atoms with van der Waals surface area (Å²) in [4.78, 5) is 26.4. The lowest BCUT2D eigenvalue weighted by Crippen LogP contribution is -2.28. The van der Waals surface area contributed by atoms with Gasteiger partial charge in [0.1, 0.15) is 0 Å². The number of rotatable bonds is 3. The lowest BCUT2D eigenvalue weighted by atomic mass is 10.1. The number of carbonyl (C=O) groups excluding carboxylic acids is 2. The molecule has 0 spiro atoms. The molecule has 1 heterocycles. The molecule has 0 bridgehead atoms. The fourth-order valence-corrected chi connectivity index (χ4v) is 3.09. The van der Waals surface area contributed by atoms with Gasteiger partial charge >= 0.3 is 0 Å². The third-order valence-electron chi connectivity index (χ3n) is 4.00. The van der Waals surface area contributed by atoms with Crippen LogP contribution in [0.5, 0.6) is 0 Å². The van der Waals surface area contributed by atoms with Crippen LogP contribution in [0.1, 0.15) is 12.0 Å². The van der Waals surface area contributed by atoms with E-state index >= 15 is 0 Å². The molecule has 124 valence electrons. The van der Waals surface area contributed by atoms with Gasteiger partial charge in [0, 0.05) is 23.7 Å². The van der Waals surface area contributed by atoms with Gasteiger partial charge in [-0.2, -0.15) is 0 Å². The smallest absolute Gasteiger partial charge is 0.229 e. The van der Waals surface area contributed by atoms with Crippen molar-refractivity contribution in [3.63, 3.8) is 0 Å². The van der Waals surface area contributed by atoms with Gasteiger partial charge in [-0.25, -0.2) is 0 Å². The SMILES string of the molecule is Cc1cccc(N2CC(C(=O)Nc3cc(Cl)ccc3Cl)CC2=O)c1. The van der Waals surface area contributed by atoms with Crippen molar-refractivity contribution < 1.29 is 9.59 Å². The third-order valence-corrected chi connectivity index (χ3v) is 4.56. The average molecular weight is 363 g/mol. The first-order chi connectivity index (χ1) is 11.4. The van der Waals surface area contributed by atoms with Gasteiger partial charge in [0.05, 0.1) is 16.6 Å². The van der Waals surface area contributed by atoms with Gasteiger partial charge in [-0.15, -0.1) is 0 Å². The molecule has 1 atom stereocenters. The van der Waals surface area contributed by atoms with E-state index < -0.39 is 5.92 Å². The minimum atomic E-state index is -0.423. The largest absolute Gasteiger partial charge is 0.324 e. The lowest BCUT2D eigenvalue weighted by Gasteiger charge is -2.17. The van der Waals surface area contributed by atoms with E-state index in [0.717, 1.165) is 11.3 Å². The molecule has 3 rings (SSSR count). The minimum Gasteiger partial charge on any atom is -0.324 e. The molecule has 1 fully saturated rings. The number of anilines is 2. The summed E-state index contributed by atoms with van der Waals surface area (Å²) in [5.41, 5.74) is 2.34. The van der Waals surface area contributed by atoms with Crippen molar-refractivity contribution in [2.24, 2.45) is 5.92 Å². The molecular formula is C18H16Cl2N2O2. The Bertz CT molecular complexity index is 807. The van der Waals surface area contributed by atoms with E-state index in [4.69, 9.17) is 23.2 Å². The summed E-state index contributed by atoms with van der Waals surface area (Å²) in [6.45, 7) is 2.32. The zero-order valence-corrected chi connectivity index (χ0v) is 14.6. The van der Waals surface area contributed by atoms with Gasteiger partial charge in [0.15, 0.2) is 0 Å². The normalized spacial score (nSPS) is 17.2. The van der Waals surface area contributed by atoms with Crippen LogP contribution in [0.4, 0.5) is 11.4 Å². The third kappa shape index (κ3) is 3.55. The van der Waals surface area contributed by atoms with Crippen molar-refractivity contribution in [1.29, 1.82) is 0 Å². The Hall–Kier alpha value is -2.04. The molecule has 0 aliphatic carbocycles. The molecule has 1 unspecified atom stereocenters. The molecule has 0 aromatic heterocycles. The fraction of sp³-hybridized carbons (Fsp3) is 0.222. The highest BCUT2D eigenvalue weighted by Crippen LogP contribution is 2.29. The van der Waals surface area contributed by atoms with Crippen LogP contribution in [-0.4, -0.2) is 18.4 Å². The monoisotopic (exact) mass is 362 g/mol. The number of carbonyl (C=O) groups is 2. The first-order valence-corrected chi connectivity index (χ1v) is 8.32. The van der Waals surface area contributed by atoms with Gasteiger partial charge in [-0.3, -0.25) is 9.59 Å². The maximum absolute atomic E-state index is 12.5. The van der Waals surface area contributed by atoms with Crippen molar-refractivity contribution in [2.45, 2.75) is 13.3 Å². The predicted molar refractivity (Wildman–Crippen MR) is 96.7 cm³/mol. The Morgan fingerprint density at radius 2 is 2.00 bits per heavy atom. The van der Waals surface area contributed by atoms with Crippen molar-refractivity contribution in [2.75, 3.05) is 16.8 Å². The van der Waals surface area contributed by atoms with E-state index in [-0.39, 0.29) is 18.2 Å². The molecule has 1 N–H and O–H groups in total. The molecule has 0 saturated carbocycles. The standard InChI is InChI=1S/C18H16Cl2N2O2/c1-11-3-2-4-14(7-11)22-10-12(8-17(22)23)18(24)21-16-9-13(19)5-6-15(16)20/h2-7,9,12H,8,10H2,1H3,(H,21,24). The molecular weight excluding hydrogens is 347 g/mol. The van der Waals surface area contributed by atoms with Gasteiger partial charge in [0.2, 0.25) is 11.8 Å². The molecule has 1 saturated heterocycles. The highest BCUT2D eigenvalue weighted by Gasteiger charge is 2.35. The maximum atomic E-state index is 12.5. The molecule has 2 amide bonds. The van der Waals surface area contributed by atoms with Gasteiger partial charge in [-0.1, -0.05) is 35.3 Å². The van der Waals surface area contributed by atoms with Gasteiger partial charge < -0.3 is 10.2 Å². The summed E-state index contributed by atoms with van der Waals surface area (Å²) >= 11 is 12.0. The molecule has 0 radical (unpaired) electrons. The second-order valence-corrected chi connectivity index (χ2v) is 6.70. The average Bonchev–Trinajstić information content (AvgIpc) is 2.93. The second kappa shape index (κ2) is 6.83. The van der Waals surface area contributed by atoms with E-state index in [9.17, 15) is 9.59 Å². The Balaban J connectivity index is 1.73.